The Labute approximate surface area is 93.5 Å². The van der Waals surface area contributed by atoms with Crippen molar-refractivity contribution in [2.75, 3.05) is 0 Å². The second-order valence-electron chi connectivity index (χ2n) is 3.78. The minimum Gasteiger partial charge on any atom is -0.322 e. The van der Waals surface area contributed by atoms with Crippen LogP contribution in [0.5, 0.6) is 0 Å². The number of nitrogens with zero attached hydrogens (tertiary/aromatic N) is 5. The van der Waals surface area contributed by atoms with Crippen LogP contribution in [0, 0.1) is 6.92 Å². The monoisotopic (exact) mass is 218 g/mol. The minimum atomic E-state index is -0.190. The van der Waals surface area contributed by atoms with Crippen LogP contribution in [-0.4, -0.2) is 25.0 Å². The van der Waals surface area contributed by atoms with Crippen molar-refractivity contribution in [2.45, 2.75) is 19.4 Å². The van der Waals surface area contributed by atoms with E-state index in [0.717, 1.165) is 17.1 Å². The summed E-state index contributed by atoms with van der Waals surface area (Å²) in [5.41, 5.74) is 8.52. The van der Waals surface area contributed by atoms with Crippen molar-refractivity contribution >= 4 is 0 Å². The zero-order valence-corrected chi connectivity index (χ0v) is 9.33. The molecule has 2 heterocycles. The fraction of sp³-hybridized carbons (Fsp3) is 0.400. The van der Waals surface area contributed by atoms with Crippen molar-refractivity contribution in [3.63, 3.8) is 0 Å². The van der Waals surface area contributed by atoms with Crippen molar-refractivity contribution in [3.05, 3.63) is 35.7 Å². The van der Waals surface area contributed by atoms with Crippen molar-refractivity contribution < 1.29 is 0 Å². The molecule has 2 N–H and O–H groups in total. The van der Waals surface area contributed by atoms with Crippen molar-refractivity contribution in [1.29, 1.82) is 0 Å². The maximum Gasteiger partial charge on any atom is 0.0846 e. The van der Waals surface area contributed by atoms with Crippen LogP contribution in [0.1, 0.15) is 23.1 Å². The summed E-state index contributed by atoms with van der Waals surface area (Å²) in [7, 11) is 1.83. The topological polar surface area (TPSA) is 82.5 Å². The highest BCUT2D eigenvalue weighted by atomic mass is 15.4. The van der Waals surface area contributed by atoms with Crippen LogP contribution in [0.3, 0.4) is 0 Å². The van der Waals surface area contributed by atoms with Gasteiger partial charge in [0.1, 0.15) is 0 Å². The van der Waals surface area contributed by atoms with Gasteiger partial charge in [0.2, 0.25) is 0 Å². The molecule has 16 heavy (non-hydrogen) atoms. The molecule has 0 aliphatic rings. The second kappa shape index (κ2) is 4.36. The van der Waals surface area contributed by atoms with Gasteiger partial charge in [0, 0.05) is 25.9 Å². The molecule has 0 fully saturated rings. The molecule has 2 aromatic heterocycles. The SMILES string of the molecule is Cc1cnc(C(N)Cc2cn(C)nn2)cn1. The molecule has 0 bridgehead atoms. The van der Waals surface area contributed by atoms with E-state index < -0.39 is 0 Å². The molecule has 0 radical (unpaired) electrons. The molecule has 0 aliphatic carbocycles. The van der Waals surface area contributed by atoms with E-state index in [9.17, 15) is 0 Å². The third kappa shape index (κ3) is 2.40. The number of rotatable bonds is 3. The van der Waals surface area contributed by atoms with Crippen molar-refractivity contribution in [2.24, 2.45) is 12.8 Å². The Kier molecular flexibility index (Phi) is 2.91. The summed E-state index contributed by atoms with van der Waals surface area (Å²) in [5, 5.41) is 7.84. The summed E-state index contributed by atoms with van der Waals surface area (Å²) in [6.07, 6.45) is 5.88. The highest BCUT2D eigenvalue weighted by molar-refractivity contribution is 5.08. The summed E-state index contributed by atoms with van der Waals surface area (Å²) in [6.45, 7) is 1.89. The third-order valence-electron chi connectivity index (χ3n) is 2.26. The summed E-state index contributed by atoms with van der Waals surface area (Å²) in [5.74, 6) is 0. The first-order chi connectivity index (χ1) is 7.65. The maximum absolute atomic E-state index is 6.01. The van der Waals surface area contributed by atoms with Crippen LogP contribution in [0.25, 0.3) is 0 Å². The Morgan fingerprint density at radius 1 is 1.38 bits per heavy atom. The maximum atomic E-state index is 6.01. The van der Waals surface area contributed by atoms with Gasteiger partial charge >= 0.3 is 0 Å². The molecule has 0 aromatic carbocycles. The van der Waals surface area contributed by atoms with Gasteiger partial charge in [-0.05, 0) is 6.92 Å². The van der Waals surface area contributed by atoms with Gasteiger partial charge in [-0.1, -0.05) is 5.21 Å². The lowest BCUT2D eigenvalue weighted by Crippen LogP contribution is -2.15. The molecular weight excluding hydrogens is 204 g/mol. The van der Waals surface area contributed by atoms with Crippen LogP contribution >= 0.6 is 0 Å². The minimum absolute atomic E-state index is 0.190. The Hall–Kier alpha value is -1.82. The molecule has 0 amide bonds. The zero-order chi connectivity index (χ0) is 11.5. The molecule has 2 aromatic rings. The van der Waals surface area contributed by atoms with Gasteiger partial charge < -0.3 is 5.73 Å². The standard InChI is InChI=1S/C10H14N6/c1-7-4-13-10(5-12-7)9(11)3-8-6-16(2)15-14-8/h4-6,9H,3,11H2,1-2H3. The number of hydrogen-bond donors (Lipinski definition) is 1. The van der Waals surface area contributed by atoms with E-state index in [-0.39, 0.29) is 6.04 Å². The molecule has 1 unspecified atom stereocenters. The first-order valence-corrected chi connectivity index (χ1v) is 5.04. The van der Waals surface area contributed by atoms with Crippen LogP contribution in [0.15, 0.2) is 18.6 Å². The molecule has 0 spiro atoms. The fourth-order valence-electron chi connectivity index (χ4n) is 1.41. The van der Waals surface area contributed by atoms with E-state index in [0.29, 0.717) is 6.42 Å². The Balaban J connectivity index is 2.08. The molecule has 0 saturated carbocycles. The lowest BCUT2D eigenvalue weighted by atomic mass is 10.1. The third-order valence-corrected chi connectivity index (χ3v) is 2.26. The van der Waals surface area contributed by atoms with Crippen molar-refractivity contribution in [1.82, 2.24) is 25.0 Å². The first-order valence-electron chi connectivity index (χ1n) is 5.04. The smallest absolute Gasteiger partial charge is 0.0846 e. The number of hydrogen-bond acceptors (Lipinski definition) is 5. The molecule has 1 atom stereocenters. The van der Waals surface area contributed by atoms with Gasteiger partial charge in [-0.2, -0.15) is 0 Å². The van der Waals surface area contributed by atoms with Gasteiger partial charge in [0.25, 0.3) is 0 Å². The first kappa shape index (κ1) is 10.7. The predicted molar refractivity (Wildman–Crippen MR) is 58.4 cm³/mol. The fourth-order valence-corrected chi connectivity index (χ4v) is 1.41. The number of aromatic nitrogens is 5. The molecule has 0 aliphatic heterocycles. The molecule has 0 saturated heterocycles. The van der Waals surface area contributed by atoms with Crippen LogP contribution in [0.2, 0.25) is 0 Å². The molecule has 2 rings (SSSR count). The molecular formula is C10H14N6. The number of aryl methyl sites for hydroxylation is 2. The van der Waals surface area contributed by atoms with Crippen LogP contribution in [0.4, 0.5) is 0 Å². The quantitative estimate of drug-likeness (QED) is 0.793. The van der Waals surface area contributed by atoms with E-state index in [1.807, 2.05) is 20.2 Å². The highest BCUT2D eigenvalue weighted by Crippen LogP contribution is 2.11. The van der Waals surface area contributed by atoms with Gasteiger partial charge in [-0.25, -0.2) is 0 Å². The average Bonchev–Trinajstić information content (AvgIpc) is 2.65. The zero-order valence-electron chi connectivity index (χ0n) is 9.33. The summed E-state index contributed by atoms with van der Waals surface area (Å²) in [6, 6.07) is -0.190. The normalized spacial score (nSPS) is 12.7. The summed E-state index contributed by atoms with van der Waals surface area (Å²) in [4.78, 5) is 8.40. The summed E-state index contributed by atoms with van der Waals surface area (Å²) < 4.78 is 1.66. The summed E-state index contributed by atoms with van der Waals surface area (Å²) >= 11 is 0. The van der Waals surface area contributed by atoms with Gasteiger partial charge in [-0.15, -0.1) is 5.10 Å². The van der Waals surface area contributed by atoms with E-state index in [1.54, 1.807) is 17.1 Å². The lowest BCUT2D eigenvalue weighted by molar-refractivity contribution is 0.672. The van der Waals surface area contributed by atoms with Crippen LogP contribution in [-0.2, 0) is 13.5 Å². The van der Waals surface area contributed by atoms with E-state index >= 15 is 0 Å². The van der Waals surface area contributed by atoms with Crippen molar-refractivity contribution in [3.8, 4) is 0 Å². The molecule has 6 nitrogen and oxygen atoms in total. The van der Waals surface area contributed by atoms with Gasteiger partial charge in [0.05, 0.1) is 29.3 Å². The Morgan fingerprint density at radius 3 is 2.75 bits per heavy atom. The van der Waals surface area contributed by atoms with Gasteiger partial charge in [0.15, 0.2) is 0 Å². The van der Waals surface area contributed by atoms with Crippen LogP contribution < -0.4 is 5.73 Å². The average molecular weight is 218 g/mol. The largest absolute Gasteiger partial charge is 0.322 e. The second-order valence-corrected chi connectivity index (χ2v) is 3.78. The lowest BCUT2D eigenvalue weighted by Gasteiger charge is -2.08. The molecule has 6 heteroatoms. The number of nitrogens with two attached hydrogens (primary N) is 1. The Bertz CT molecular complexity index is 460. The van der Waals surface area contributed by atoms with E-state index in [2.05, 4.69) is 20.3 Å². The van der Waals surface area contributed by atoms with Gasteiger partial charge in [-0.3, -0.25) is 14.6 Å². The predicted octanol–water partition coefficient (Wildman–Crippen LogP) is 0.156. The Morgan fingerprint density at radius 2 is 2.19 bits per heavy atom. The van der Waals surface area contributed by atoms with E-state index in [4.69, 9.17) is 5.73 Å². The van der Waals surface area contributed by atoms with E-state index in [1.165, 1.54) is 0 Å². The molecule has 84 valence electrons. The highest BCUT2D eigenvalue weighted by Gasteiger charge is 2.10.